The molecule has 0 bridgehead atoms. The number of carbonyl (C=O) groups is 2. The third-order valence-electron chi connectivity index (χ3n) is 6.90. The molecule has 8 heteroatoms. The summed E-state index contributed by atoms with van der Waals surface area (Å²) in [5.41, 5.74) is 1.26. The summed E-state index contributed by atoms with van der Waals surface area (Å²) in [7, 11) is 0. The molecule has 3 aromatic rings. The molecule has 6 nitrogen and oxygen atoms in total. The molecule has 0 aliphatic carbocycles. The van der Waals surface area contributed by atoms with Crippen molar-refractivity contribution in [1.82, 2.24) is 9.88 Å². The quantitative estimate of drug-likeness (QED) is 0.464. The predicted octanol–water partition coefficient (Wildman–Crippen LogP) is 5.81. The first-order valence-corrected chi connectivity index (χ1v) is 12.0. The van der Waals surface area contributed by atoms with Crippen LogP contribution in [-0.4, -0.2) is 46.1 Å². The van der Waals surface area contributed by atoms with Crippen molar-refractivity contribution in [3.05, 3.63) is 59.5 Å². The lowest BCUT2D eigenvalue weighted by molar-refractivity contribution is -0.154. The number of pyridine rings is 1. The number of likely N-dealkylation sites (tertiary alicyclic amines) is 1. The van der Waals surface area contributed by atoms with E-state index in [1.807, 2.05) is 12.1 Å². The van der Waals surface area contributed by atoms with Gasteiger partial charge in [-0.2, -0.15) is 0 Å². The fourth-order valence-electron chi connectivity index (χ4n) is 4.60. The van der Waals surface area contributed by atoms with E-state index in [1.165, 1.54) is 12.1 Å². The number of amides is 1. The molecule has 0 saturated carbocycles. The third-order valence-corrected chi connectivity index (χ3v) is 7.21. The average molecular weight is 499 g/mol. The maximum atomic E-state index is 13.5. The Morgan fingerprint density at radius 2 is 1.97 bits per heavy atom. The summed E-state index contributed by atoms with van der Waals surface area (Å²) in [6.45, 7) is 6.10. The number of ether oxygens (including phenoxy) is 1. The molecule has 2 aromatic carbocycles. The number of nitrogens with zero attached hydrogens (tertiary/aromatic N) is 2. The first-order valence-electron chi connectivity index (χ1n) is 11.6. The van der Waals surface area contributed by atoms with Gasteiger partial charge in [0.15, 0.2) is 6.10 Å². The number of aromatic nitrogens is 1. The summed E-state index contributed by atoms with van der Waals surface area (Å²) in [5.74, 6) is -1.06. The monoisotopic (exact) mass is 498 g/mol. The Balaban J connectivity index is 1.51. The zero-order valence-corrected chi connectivity index (χ0v) is 20.7. The summed E-state index contributed by atoms with van der Waals surface area (Å²) in [6, 6.07) is 11.5. The van der Waals surface area contributed by atoms with E-state index in [1.54, 1.807) is 50.1 Å². The molecule has 184 valence electrons. The highest BCUT2D eigenvalue weighted by atomic mass is 35.5. The average Bonchev–Trinajstić information content (AvgIpc) is 2.83. The van der Waals surface area contributed by atoms with Crippen LogP contribution in [-0.2, 0) is 9.59 Å². The van der Waals surface area contributed by atoms with E-state index in [4.69, 9.17) is 16.3 Å². The zero-order chi connectivity index (χ0) is 25.3. The van der Waals surface area contributed by atoms with Crippen LogP contribution in [0.2, 0.25) is 5.02 Å². The largest absolute Gasteiger partial charge is 0.481 e. The van der Waals surface area contributed by atoms with Crippen molar-refractivity contribution in [3.63, 3.8) is 0 Å². The van der Waals surface area contributed by atoms with Gasteiger partial charge in [0.05, 0.1) is 16.0 Å². The molecule has 0 radical (unpaired) electrons. The van der Waals surface area contributed by atoms with Gasteiger partial charge in [-0.3, -0.25) is 14.6 Å². The van der Waals surface area contributed by atoms with Gasteiger partial charge >= 0.3 is 5.97 Å². The van der Waals surface area contributed by atoms with E-state index in [0.29, 0.717) is 34.9 Å². The van der Waals surface area contributed by atoms with Crippen LogP contribution in [0.25, 0.3) is 22.0 Å². The molecule has 1 saturated heterocycles. The number of aliphatic carboxylic acids is 1. The number of fused-ring (bicyclic) bond motifs is 1. The SMILES string of the molecule is C[C@@H](Oc1ccc2c(-c3ccc(F)cc3Cl)ccnc2c1)C(=O)N1CCCC(C(C)(C)C(=O)O)C1. The van der Waals surface area contributed by atoms with Crippen molar-refractivity contribution >= 4 is 34.4 Å². The molecule has 1 aromatic heterocycles. The van der Waals surface area contributed by atoms with Gasteiger partial charge in [-0.15, -0.1) is 0 Å². The van der Waals surface area contributed by atoms with Crippen molar-refractivity contribution in [2.45, 2.75) is 39.7 Å². The molecule has 2 heterocycles. The standard InChI is InChI=1S/C27H28ClFN2O4/c1-16(25(32)31-12-4-5-17(15-31)27(2,3)26(33)34)35-19-7-9-22-20(10-11-30-24(22)14-19)21-8-6-18(29)13-23(21)28/h6-11,13-14,16-17H,4-5,12,15H2,1-3H3,(H,33,34)/t16-,17?/m1/s1. The van der Waals surface area contributed by atoms with Crippen LogP contribution in [0.5, 0.6) is 5.75 Å². The molecule has 1 aliphatic rings. The van der Waals surface area contributed by atoms with E-state index in [-0.39, 0.29) is 11.8 Å². The second kappa shape index (κ2) is 9.82. The number of piperidine rings is 1. The van der Waals surface area contributed by atoms with Crippen molar-refractivity contribution < 1.29 is 23.8 Å². The number of carboxylic acids is 1. The molecule has 1 unspecified atom stereocenters. The van der Waals surface area contributed by atoms with Crippen LogP contribution in [0, 0.1) is 17.2 Å². The first-order chi connectivity index (χ1) is 16.6. The Hall–Kier alpha value is -3.19. The number of benzene rings is 2. The van der Waals surface area contributed by atoms with Gasteiger partial charge in [-0.05, 0) is 81.5 Å². The number of carbonyl (C=O) groups excluding carboxylic acids is 1. The fourth-order valence-corrected chi connectivity index (χ4v) is 4.87. The van der Waals surface area contributed by atoms with Gasteiger partial charge in [-0.1, -0.05) is 11.6 Å². The van der Waals surface area contributed by atoms with Crippen molar-refractivity contribution in [2.75, 3.05) is 13.1 Å². The molecular weight excluding hydrogens is 471 g/mol. The zero-order valence-electron chi connectivity index (χ0n) is 19.9. The van der Waals surface area contributed by atoms with Crippen LogP contribution in [0.3, 0.4) is 0 Å². The van der Waals surface area contributed by atoms with Gasteiger partial charge in [0.1, 0.15) is 11.6 Å². The maximum absolute atomic E-state index is 13.5. The topological polar surface area (TPSA) is 79.7 Å². The number of carboxylic acid groups (broad SMARTS) is 1. The Bertz CT molecular complexity index is 1280. The lowest BCUT2D eigenvalue weighted by atomic mass is 9.74. The Morgan fingerprint density at radius 3 is 2.69 bits per heavy atom. The van der Waals surface area contributed by atoms with Gasteiger partial charge in [0.2, 0.25) is 0 Å². The van der Waals surface area contributed by atoms with E-state index in [9.17, 15) is 19.1 Å². The van der Waals surface area contributed by atoms with E-state index < -0.39 is 23.3 Å². The molecule has 1 amide bonds. The second-order valence-electron chi connectivity index (χ2n) is 9.57. The Kier molecular flexibility index (Phi) is 6.99. The van der Waals surface area contributed by atoms with Crippen LogP contribution in [0.15, 0.2) is 48.7 Å². The molecule has 1 N–H and O–H groups in total. The summed E-state index contributed by atoms with van der Waals surface area (Å²) in [4.78, 5) is 30.9. The number of rotatable bonds is 6. The lowest BCUT2D eigenvalue weighted by Crippen LogP contribution is -2.50. The normalized spacial score (nSPS) is 17.3. The fraction of sp³-hybridized carbons (Fsp3) is 0.370. The summed E-state index contributed by atoms with van der Waals surface area (Å²) < 4.78 is 19.5. The van der Waals surface area contributed by atoms with E-state index >= 15 is 0 Å². The van der Waals surface area contributed by atoms with E-state index in [2.05, 4.69) is 4.98 Å². The highest BCUT2D eigenvalue weighted by Crippen LogP contribution is 2.36. The first kappa shape index (κ1) is 24.9. The van der Waals surface area contributed by atoms with Crippen LogP contribution < -0.4 is 4.74 Å². The lowest BCUT2D eigenvalue weighted by Gasteiger charge is -2.40. The molecule has 0 spiro atoms. The summed E-state index contributed by atoms with van der Waals surface area (Å²) in [6.07, 6.45) is 2.44. The van der Waals surface area contributed by atoms with Crippen molar-refractivity contribution in [2.24, 2.45) is 11.3 Å². The van der Waals surface area contributed by atoms with Gasteiger partial charge < -0.3 is 14.7 Å². The maximum Gasteiger partial charge on any atom is 0.309 e. The third kappa shape index (κ3) is 5.10. The van der Waals surface area contributed by atoms with Crippen molar-refractivity contribution in [1.29, 1.82) is 0 Å². The van der Waals surface area contributed by atoms with E-state index in [0.717, 1.165) is 23.8 Å². The van der Waals surface area contributed by atoms with Crippen LogP contribution in [0.4, 0.5) is 4.39 Å². The highest BCUT2D eigenvalue weighted by Gasteiger charge is 2.40. The number of halogens is 2. The van der Waals surface area contributed by atoms with Gasteiger partial charge in [0.25, 0.3) is 5.91 Å². The number of hydrogen-bond donors (Lipinski definition) is 1. The summed E-state index contributed by atoms with van der Waals surface area (Å²) in [5, 5.41) is 10.7. The molecule has 2 atom stereocenters. The molecule has 35 heavy (non-hydrogen) atoms. The van der Waals surface area contributed by atoms with Crippen molar-refractivity contribution in [3.8, 4) is 16.9 Å². The second-order valence-corrected chi connectivity index (χ2v) is 9.98. The predicted molar refractivity (Wildman–Crippen MR) is 133 cm³/mol. The number of hydrogen-bond acceptors (Lipinski definition) is 4. The van der Waals surface area contributed by atoms with Gasteiger partial charge in [0, 0.05) is 36.3 Å². The smallest absolute Gasteiger partial charge is 0.309 e. The highest BCUT2D eigenvalue weighted by molar-refractivity contribution is 6.33. The van der Waals surface area contributed by atoms with Crippen LogP contribution >= 0.6 is 11.6 Å². The molecular formula is C27H28ClFN2O4. The summed E-state index contributed by atoms with van der Waals surface area (Å²) >= 11 is 6.27. The Labute approximate surface area is 208 Å². The minimum atomic E-state index is -0.905. The molecule has 4 rings (SSSR count). The molecule has 1 aliphatic heterocycles. The minimum Gasteiger partial charge on any atom is -0.481 e. The van der Waals surface area contributed by atoms with Crippen LogP contribution in [0.1, 0.15) is 33.6 Å². The minimum absolute atomic E-state index is 0.119. The Morgan fingerprint density at radius 1 is 1.20 bits per heavy atom. The van der Waals surface area contributed by atoms with Gasteiger partial charge in [-0.25, -0.2) is 4.39 Å². The molecule has 1 fully saturated rings.